The molecule has 1 rings (SSSR count). The fourth-order valence-electron chi connectivity index (χ4n) is 1.33. The lowest BCUT2D eigenvalue weighted by Gasteiger charge is -2.27. The summed E-state index contributed by atoms with van der Waals surface area (Å²) in [5, 5.41) is 0. The third-order valence-corrected chi connectivity index (χ3v) is 2.60. The van der Waals surface area contributed by atoms with Crippen molar-refractivity contribution >= 4 is 0 Å². The van der Waals surface area contributed by atoms with E-state index in [1.54, 1.807) is 0 Å². The summed E-state index contributed by atoms with van der Waals surface area (Å²) in [4.78, 5) is 4.45. The van der Waals surface area contributed by atoms with Crippen LogP contribution >= 0.6 is 0 Å². The molecule has 0 N–H and O–H groups in total. The van der Waals surface area contributed by atoms with Crippen LogP contribution in [0.4, 0.5) is 0 Å². The first-order valence-electron chi connectivity index (χ1n) is 5.28. The van der Waals surface area contributed by atoms with Gasteiger partial charge in [-0.25, -0.2) is 0 Å². The number of hydrogen-bond acceptors (Lipinski definition) is 4. The van der Waals surface area contributed by atoms with E-state index in [1.165, 1.54) is 0 Å². The van der Waals surface area contributed by atoms with Gasteiger partial charge in [0.15, 0.2) is 0 Å². The molecule has 4 nitrogen and oxygen atoms in total. The van der Waals surface area contributed by atoms with Gasteiger partial charge < -0.3 is 9.47 Å². The van der Waals surface area contributed by atoms with Gasteiger partial charge in [0.05, 0.1) is 19.8 Å². The highest BCUT2D eigenvalue weighted by atomic mass is 16.5. The molecular weight excluding hydrogens is 180 g/mol. The average molecular weight is 202 g/mol. The Morgan fingerprint density at radius 3 is 2.57 bits per heavy atom. The highest BCUT2D eigenvalue weighted by Gasteiger charge is 2.10. The molecule has 1 fully saturated rings. The maximum absolute atomic E-state index is 5.65. The van der Waals surface area contributed by atoms with Crippen LogP contribution in [0, 0.1) is 0 Å². The molecule has 1 saturated heterocycles. The van der Waals surface area contributed by atoms with Gasteiger partial charge >= 0.3 is 0 Å². The van der Waals surface area contributed by atoms with Crippen LogP contribution in [0.5, 0.6) is 0 Å². The minimum atomic E-state index is 0.205. The molecule has 4 heteroatoms. The molecule has 84 valence electrons. The summed E-state index contributed by atoms with van der Waals surface area (Å²) in [6.45, 7) is 7.70. The first-order valence-corrected chi connectivity index (χ1v) is 5.28. The van der Waals surface area contributed by atoms with Crippen LogP contribution in [-0.4, -0.2) is 69.6 Å². The number of morpholine rings is 1. The molecule has 0 aromatic rings. The highest BCUT2D eigenvalue weighted by Crippen LogP contribution is 1.98. The average Bonchev–Trinajstić information content (AvgIpc) is 2.19. The summed E-state index contributed by atoms with van der Waals surface area (Å²) in [6.07, 6.45) is 0.205. The van der Waals surface area contributed by atoms with Crippen molar-refractivity contribution in [2.24, 2.45) is 0 Å². The van der Waals surface area contributed by atoms with Crippen molar-refractivity contribution in [1.29, 1.82) is 0 Å². The molecule has 0 amide bonds. The van der Waals surface area contributed by atoms with Crippen LogP contribution in [-0.2, 0) is 9.47 Å². The summed E-state index contributed by atoms with van der Waals surface area (Å²) in [5.74, 6) is 0. The summed E-state index contributed by atoms with van der Waals surface area (Å²) in [7, 11) is 4.05. The molecule has 1 unspecified atom stereocenters. The molecular formula is C10H22N2O2. The molecule has 0 aliphatic carbocycles. The Kier molecular flexibility index (Phi) is 5.40. The van der Waals surface area contributed by atoms with E-state index in [1.807, 2.05) is 14.1 Å². The summed E-state index contributed by atoms with van der Waals surface area (Å²) in [6, 6.07) is 0. The van der Waals surface area contributed by atoms with E-state index in [0.717, 1.165) is 39.5 Å². The second-order valence-electron chi connectivity index (χ2n) is 3.89. The fourth-order valence-corrected chi connectivity index (χ4v) is 1.33. The van der Waals surface area contributed by atoms with Crippen molar-refractivity contribution in [3.8, 4) is 0 Å². The first kappa shape index (κ1) is 11.9. The van der Waals surface area contributed by atoms with Gasteiger partial charge in [0, 0.05) is 19.6 Å². The van der Waals surface area contributed by atoms with Gasteiger partial charge in [0.1, 0.15) is 6.23 Å². The fraction of sp³-hybridized carbons (Fsp3) is 1.00. The second-order valence-corrected chi connectivity index (χ2v) is 3.89. The first-order chi connectivity index (χ1) is 6.70. The van der Waals surface area contributed by atoms with Gasteiger partial charge in [-0.2, -0.15) is 0 Å². The van der Waals surface area contributed by atoms with Crippen molar-refractivity contribution in [3.63, 3.8) is 0 Å². The molecule has 1 heterocycles. The van der Waals surface area contributed by atoms with E-state index >= 15 is 0 Å². The molecule has 0 aromatic heterocycles. The lowest BCUT2D eigenvalue weighted by atomic mass is 10.4. The molecule has 1 aliphatic heterocycles. The Balaban J connectivity index is 2.02. The lowest BCUT2D eigenvalue weighted by molar-refractivity contribution is -0.0405. The summed E-state index contributed by atoms with van der Waals surface area (Å²) in [5.41, 5.74) is 0. The van der Waals surface area contributed by atoms with Crippen molar-refractivity contribution in [3.05, 3.63) is 0 Å². The molecule has 1 atom stereocenters. The summed E-state index contributed by atoms with van der Waals surface area (Å²) < 4.78 is 10.9. The zero-order valence-electron chi connectivity index (χ0n) is 9.53. The quantitative estimate of drug-likeness (QED) is 0.596. The SMILES string of the molecule is CC(OCCN1CCOCC1)N(C)C. The maximum atomic E-state index is 5.65. The van der Waals surface area contributed by atoms with Crippen molar-refractivity contribution in [2.45, 2.75) is 13.2 Å². The van der Waals surface area contributed by atoms with Crippen LogP contribution < -0.4 is 0 Å². The Morgan fingerprint density at radius 2 is 2.00 bits per heavy atom. The minimum absolute atomic E-state index is 0.205. The number of hydrogen-bond donors (Lipinski definition) is 0. The van der Waals surface area contributed by atoms with Gasteiger partial charge in [0.25, 0.3) is 0 Å². The minimum Gasteiger partial charge on any atom is -0.379 e. The monoisotopic (exact) mass is 202 g/mol. The smallest absolute Gasteiger partial charge is 0.107 e. The number of ether oxygens (including phenoxy) is 2. The third-order valence-electron chi connectivity index (χ3n) is 2.60. The van der Waals surface area contributed by atoms with Crippen LogP contribution in [0.1, 0.15) is 6.92 Å². The Labute approximate surface area is 86.8 Å². The van der Waals surface area contributed by atoms with Crippen LogP contribution in [0.25, 0.3) is 0 Å². The molecule has 0 spiro atoms. The zero-order chi connectivity index (χ0) is 10.4. The van der Waals surface area contributed by atoms with Crippen molar-refractivity contribution in [1.82, 2.24) is 9.80 Å². The summed E-state index contributed by atoms with van der Waals surface area (Å²) >= 11 is 0. The highest BCUT2D eigenvalue weighted by molar-refractivity contribution is 4.61. The van der Waals surface area contributed by atoms with Gasteiger partial charge in [-0.15, -0.1) is 0 Å². The van der Waals surface area contributed by atoms with E-state index in [4.69, 9.17) is 9.47 Å². The third kappa shape index (κ3) is 4.37. The number of rotatable bonds is 5. The second kappa shape index (κ2) is 6.35. The van der Waals surface area contributed by atoms with Gasteiger partial charge in [0.2, 0.25) is 0 Å². The largest absolute Gasteiger partial charge is 0.379 e. The van der Waals surface area contributed by atoms with Gasteiger partial charge in [-0.3, -0.25) is 9.80 Å². The Hall–Kier alpha value is -0.160. The normalized spacial score (nSPS) is 21.4. The van der Waals surface area contributed by atoms with Gasteiger partial charge in [-0.05, 0) is 21.0 Å². The van der Waals surface area contributed by atoms with Crippen LogP contribution in [0.3, 0.4) is 0 Å². The molecule has 0 radical (unpaired) electrons. The maximum Gasteiger partial charge on any atom is 0.107 e. The van der Waals surface area contributed by atoms with E-state index in [0.29, 0.717) is 0 Å². The zero-order valence-corrected chi connectivity index (χ0v) is 9.53. The van der Waals surface area contributed by atoms with Crippen molar-refractivity contribution in [2.75, 3.05) is 53.6 Å². The van der Waals surface area contributed by atoms with Gasteiger partial charge in [-0.1, -0.05) is 0 Å². The van der Waals surface area contributed by atoms with Crippen LogP contribution in [0.2, 0.25) is 0 Å². The molecule has 1 aliphatic rings. The molecule has 0 aromatic carbocycles. The predicted octanol–water partition coefficient (Wildman–Crippen LogP) is 0.243. The molecule has 0 bridgehead atoms. The van der Waals surface area contributed by atoms with E-state index in [2.05, 4.69) is 16.7 Å². The molecule has 0 saturated carbocycles. The van der Waals surface area contributed by atoms with E-state index in [-0.39, 0.29) is 6.23 Å². The lowest BCUT2D eigenvalue weighted by Crippen LogP contribution is -2.39. The molecule has 14 heavy (non-hydrogen) atoms. The van der Waals surface area contributed by atoms with Crippen molar-refractivity contribution < 1.29 is 9.47 Å². The number of nitrogens with zero attached hydrogens (tertiary/aromatic N) is 2. The van der Waals surface area contributed by atoms with Crippen LogP contribution in [0.15, 0.2) is 0 Å². The van der Waals surface area contributed by atoms with E-state index in [9.17, 15) is 0 Å². The Bertz CT molecular complexity index is 147. The predicted molar refractivity (Wildman–Crippen MR) is 56.4 cm³/mol. The topological polar surface area (TPSA) is 24.9 Å². The standard InChI is InChI=1S/C10H22N2O2/c1-10(11(2)3)14-9-6-12-4-7-13-8-5-12/h10H,4-9H2,1-3H3. The van der Waals surface area contributed by atoms with E-state index < -0.39 is 0 Å². The Morgan fingerprint density at radius 1 is 1.36 bits per heavy atom.